The Bertz CT molecular complexity index is 649. The summed E-state index contributed by atoms with van der Waals surface area (Å²) >= 11 is 5.78. The lowest BCUT2D eigenvalue weighted by Crippen LogP contribution is -2.50. The molecule has 0 saturated carbocycles. The Hall–Kier alpha value is -0.830. The fourth-order valence-electron chi connectivity index (χ4n) is 2.30. The first-order chi connectivity index (χ1) is 10.1. The summed E-state index contributed by atoms with van der Waals surface area (Å²) in [5.41, 5.74) is -1.05. The Morgan fingerprint density at radius 3 is 2.64 bits per heavy atom. The van der Waals surface area contributed by atoms with Crippen LogP contribution in [0.25, 0.3) is 0 Å². The standard InChI is InChI=1S/C13H16ClF3N2O2S/c1-8-4-5-18-7-11(8)19-22(20,21)12-6-9(13(15,16)17)2-3-10(12)14/h2-3,6,8,11,18-19H,4-5,7H2,1H3. The van der Waals surface area contributed by atoms with Gasteiger partial charge in [0.2, 0.25) is 10.0 Å². The van der Waals surface area contributed by atoms with Crippen molar-refractivity contribution in [3.05, 3.63) is 28.8 Å². The second kappa shape index (κ2) is 6.35. The molecule has 0 radical (unpaired) electrons. The van der Waals surface area contributed by atoms with Crippen LogP contribution in [0.4, 0.5) is 13.2 Å². The summed E-state index contributed by atoms with van der Waals surface area (Å²) in [7, 11) is -4.13. The smallest absolute Gasteiger partial charge is 0.315 e. The molecule has 2 unspecified atom stereocenters. The number of alkyl halides is 3. The lowest BCUT2D eigenvalue weighted by atomic mass is 9.96. The van der Waals surface area contributed by atoms with Gasteiger partial charge < -0.3 is 5.32 Å². The number of piperidine rings is 1. The molecule has 2 atom stereocenters. The Morgan fingerprint density at radius 2 is 2.05 bits per heavy atom. The van der Waals surface area contributed by atoms with Crippen LogP contribution in [0.15, 0.2) is 23.1 Å². The quantitative estimate of drug-likeness (QED) is 0.875. The van der Waals surface area contributed by atoms with E-state index in [0.29, 0.717) is 12.6 Å². The molecule has 2 N–H and O–H groups in total. The fourth-order valence-corrected chi connectivity index (χ4v) is 4.17. The van der Waals surface area contributed by atoms with Gasteiger partial charge >= 0.3 is 6.18 Å². The molecular weight excluding hydrogens is 341 g/mol. The van der Waals surface area contributed by atoms with Crippen molar-refractivity contribution in [2.24, 2.45) is 5.92 Å². The molecule has 1 aromatic rings. The summed E-state index contributed by atoms with van der Waals surface area (Å²) in [5, 5.41) is 2.81. The highest BCUT2D eigenvalue weighted by Crippen LogP contribution is 2.33. The molecule has 1 aliphatic rings. The molecule has 4 nitrogen and oxygen atoms in total. The first kappa shape index (κ1) is 17.5. The van der Waals surface area contributed by atoms with Crippen LogP contribution in [0.3, 0.4) is 0 Å². The first-order valence-electron chi connectivity index (χ1n) is 6.71. The van der Waals surface area contributed by atoms with Crippen molar-refractivity contribution in [3.8, 4) is 0 Å². The number of nitrogens with one attached hydrogen (secondary N) is 2. The molecule has 1 saturated heterocycles. The summed E-state index contributed by atoms with van der Waals surface area (Å²) in [6, 6.07) is 1.88. The number of hydrogen-bond acceptors (Lipinski definition) is 3. The molecule has 9 heteroatoms. The molecule has 1 aromatic carbocycles. The average molecular weight is 357 g/mol. The van der Waals surface area contributed by atoms with E-state index in [1.807, 2.05) is 6.92 Å². The van der Waals surface area contributed by atoms with Gasteiger partial charge in [-0.3, -0.25) is 0 Å². The second-order valence-corrected chi connectivity index (χ2v) is 7.43. The van der Waals surface area contributed by atoms with E-state index in [2.05, 4.69) is 10.0 Å². The zero-order valence-electron chi connectivity index (χ0n) is 11.7. The zero-order valence-corrected chi connectivity index (χ0v) is 13.3. The van der Waals surface area contributed by atoms with E-state index in [0.717, 1.165) is 25.1 Å². The van der Waals surface area contributed by atoms with E-state index in [4.69, 9.17) is 11.6 Å². The summed E-state index contributed by atoms with van der Waals surface area (Å²) in [4.78, 5) is -0.554. The summed E-state index contributed by atoms with van der Waals surface area (Å²) in [6.45, 7) is 3.10. The maximum atomic E-state index is 12.7. The van der Waals surface area contributed by atoms with Crippen molar-refractivity contribution >= 4 is 21.6 Å². The van der Waals surface area contributed by atoms with Crippen molar-refractivity contribution in [1.29, 1.82) is 0 Å². The van der Waals surface area contributed by atoms with Crippen molar-refractivity contribution in [1.82, 2.24) is 10.0 Å². The van der Waals surface area contributed by atoms with Gasteiger partial charge in [0.05, 0.1) is 10.6 Å². The molecule has 0 bridgehead atoms. The summed E-state index contributed by atoms with van der Waals surface area (Å²) in [5.74, 6) is 0.0839. The van der Waals surface area contributed by atoms with Gasteiger partial charge in [0.25, 0.3) is 0 Å². The predicted molar refractivity (Wildman–Crippen MR) is 77.2 cm³/mol. The van der Waals surface area contributed by atoms with Gasteiger partial charge in [-0.15, -0.1) is 0 Å². The number of sulfonamides is 1. The number of hydrogen-bond donors (Lipinski definition) is 2. The molecule has 22 heavy (non-hydrogen) atoms. The molecule has 1 aliphatic heterocycles. The average Bonchev–Trinajstić information content (AvgIpc) is 2.40. The van der Waals surface area contributed by atoms with E-state index < -0.39 is 26.7 Å². The minimum absolute atomic E-state index is 0.0839. The SMILES string of the molecule is CC1CCNCC1NS(=O)(=O)c1cc(C(F)(F)F)ccc1Cl. The minimum Gasteiger partial charge on any atom is -0.315 e. The molecular formula is C13H16ClF3N2O2S. The number of benzene rings is 1. The maximum Gasteiger partial charge on any atom is 0.416 e. The monoisotopic (exact) mass is 356 g/mol. The highest BCUT2D eigenvalue weighted by atomic mass is 35.5. The van der Waals surface area contributed by atoms with Gasteiger partial charge in [-0.2, -0.15) is 13.2 Å². The van der Waals surface area contributed by atoms with Crippen LogP contribution < -0.4 is 10.0 Å². The molecule has 0 aromatic heterocycles. The van der Waals surface area contributed by atoms with Crippen LogP contribution in [-0.4, -0.2) is 27.5 Å². The van der Waals surface area contributed by atoms with Gasteiger partial charge in [-0.1, -0.05) is 18.5 Å². The van der Waals surface area contributed by atoms with Gasteiger partial charge in [-0.25, -0.2) is 13.1 Å². The summed E-state index contributed by atoms with van der Waals surface area (Å²) < 4.78 is 65.4. The van der Waals surface area contributed by atoms with Crippen LogP contribution >= 0.6 is 11.6 Å². The lowest BCUT2D eigenvalue weighted by molar-refractivity contribution is -0.137. The van der Waals surface area contributed by atoms with Crippen LogP contribution in [0.5, 0.6) is 0 Å². The van der Waals surface area contributed by atoms with Crippen molar-refractivity contribution in [2.75, 3.05) is 13.1 Å². The highest BCUT2D eigenvalue weighted by Gasteiger charge is 2.34. The van der Waals surface area contributed by atoms with E-state index >= 15 is 0 Å². The number of halogens is 4. The van der Waals surface area contributed by atoms with Crippen LogP contribution in [0.1, 0.15) is 18.9 Å². The van der Waals surface area contributed by atoms with Crippen LogP contribution in [0.2, 0.25) is 5.02 Å². The number of rotatable bonds is 3. The normalized spacial score (nSPS) is 23.5. The van der Waals surface area contributed by atoms with Gasteiger partial charge in [0, 0.05) is 12.6 Å². The Balaban J connectivity index is 2.32. The molecule has 0 spiro atoms. The zero-order chi connectivity index (χ0) is 16.5. The topological polar surface area (TPSA) is 58.2 Å². The predicted octanol–water partition coefficient (Wildman–Crippen LogP) is 2.64. The highest BCUT2D eigenvalue weighted by molar-refractivity contribution is 7.89. The summed E-state index contributed by atoms with van der Waals surface area (Å²) in [6.07, 6.45) is -3.85. The van der Waals surface area contributed by atoms with Crippen LogP contribution in [0, 0.1) is 5.92 Å². The van der Waals surface area contributed by atoms with Gasteiger partial charge in [0.15, 0.2) is 0 Å². The van der Waals surface area contributed by atoms with Crippen molar-refractivity contribution in [3.63, 3.8) is 0 Å². The maximum absolute atomic E-state index is 12.7. The van der Waals surface area contributed by atoms with Crippen molar-refractivity contribution in [2.45, 2.75) is 30.5 Å². The third kappa shape index (κ3) is 3.92. The van der Waals surface area contributed by atoms with Crippen LogP contribution in [-0.2, 0) is 16.2 Å². The third-order valence-corrected chi connectivity index (χ3v) is 5.65. The molecule has 0 aliphatic carbocycles. The van der Waals surface area contributed by atoms with Gasteiger partial charge in [-0.05, 0) is 37.1 Å². The Kier molecular flexibility index (Phi) is 5.06. The van der Waals surface area contributed by atoms with Crippen molar-refractivity contribution < 1.29 is 21.6 Å². The third-order valence-electron chi connectivity index (χ3n) is 3.68. The lowest BCUT2D eigenvalue weighted by Gasteiger charge is -2.30. The minimum atomic E-state index is -4.63. The first-order valence-corrected chi connectivity index (χ1v) is 8.57. The Labute approximate surface area is 132 Å². The van der Waals surface area contributed by atoms with Gasteiger partial charge in [0.1, 0.15) is 4.90 Å². The second-order valence-electron chi connectivity index (χ2n) is 5.34. The fraction of sp³-hybridized carbons (Fsp3) is 0.538. The molecule has 0 amide bonds. The van der Waals surface area contributed by atoms with E-state index in [1.165, 1.54) is 0 Å². The van der Waals surface area contributed by atoms with E-state index in [1.54, 1.807) is 0 Å². The largest absolute Gasteiger partial charge is 0.416 e. The molecule has 2 rings (SSSR count). The molecule has 124 valence electrons. The molecule has 1 fully saturated rings. The Morgan fingerprint density at radius 1 is 1.36 bits per heavy atom. The van der Waals surface area contributed by atoms with E-state index in [-0.39, 0.29) is 17.0 Å². The molecule has 1 heterocycles. The van der Waals surface area contributed by atoms with E-state index in [9.17, 15) is 21.6 Å².